The fourth-order valence-electron chi connectivity index (χ4n) is 3.28. The van der Waals surface area contributed by atoms with E-state index in [1.807, 2.05) is 16.8 Å². The zero-order valence-electron chi connectivity index (χ0n) is 13.9. The van der Waals surface area contributed by atoms with E-state index in [9.17, 15) is 4.79 Å². The van der Waals surface area contributed by atoms with Crippen molar-refractivity contribution in [2.75, 3.05) is 20.6 Å². The Kier molecular flexibility index (Phi) is 5.13. The maximum absolute atomic E-state index is 12.8. The monoisotopic (exact) mass is 328 g/mol. The van der Waals surface area contributed by atoms with Crippen LogP contribution < -0.4 is 0 Å². The van der Waals surface area contributed by atoms with Crippen LogP contribution in [0.4, 0.5) is 0 Å². The van der Waals surface area contributed by atoms with Crippen molar-refractivity contribution >= 4 is 17.2 Å². The van der Waals surface area contributed by atoms with Gasteiger partial charge in [-0.2, -0.15) is 11.3 Å². The van der Waals surface area contributed by atoms with E-state index in [-0.39, 0.29) is 11.9 Å². The maximum Gasteiger partial charge on any atom is 0.255 e. The average Bonchev–Trinajstić information content (AvgIpc) is 3.09. The molecule has 1 aliphatic heterocycles. The Labute approximate surface area is 142 Å². The lowest BCUT2D eigenvalue weighted by molar-refractivity contribution is 0.0612. The molecular formula is C19H24N2OS. The van der Waals surface area contributed by atoms with Crippen LogP contribution in [-0.4, -0.2) is 36.3 Å². The Balaban J connectivity index is 1.79. The topological polar surface area (TPSA) is 23.6 Å². The normalized spacial score (nSPS) is 18.4. The highest BCUT2D eigenvalue weighted by Crippen LogP contribution is 2.32. The molecule has 2 aromatic rings. The van der Waals surface area contributed by atoms with Crippen LogP contribution in [0.25, 0.3) is 0 Å². The van der Waals surface area contributed by atoms with Crippen molar-refractivity contribution < 1.29 is 4.79 Å². The zero-order chi connectivity index (χ0) is 16.2. The van der Waals surface area contributed by atoms with Crippen molar-refractivity contribution in [3.63, 3.8) is 0 Å². The van der Waals surface area contributed by atoms with Crippen molar-refractivity contribution in [2.24, 2.45) is 0 Å². The highest BCUT2D eigenvalue weighted by Gasteiger charge is 2.28. The van der Waals surface area contributed by atoms with Gasteiger partial charge in [0.1, 0.15) is 0 Å². The van der Waals surface area contributed by atoms with Gasteiger partial charge >= 0.3 is 0 Å². The lowest BCUT2D eigenvalue weighted by atomic mass is 9.94. The summed E-state index contributed by atoms with van der Waals surface area (Å²) < 4.78 is 0. The summed E-state index contributed by atoms with van der Waals surface area (Å²) in [4.78, 5) is 17.0. The van der Waals surface area contributed by atoms with Gasteiger partial charge in [0, 0.05) is 18.5 Å². The average molecular weight is 328 g/mol. The number of likely N-dealkylation sites (tertiary alicyclic amines) is 1. The highest BCUT2D eigenvalue weighted by atomic mass is 32.1. The molecule has 1 aliphatic rings. The van der Waals surface area contributed by atoms with Gasteiger partial charge in [0.2, 0.25) is 0 Å². The van der Waals surface area contributed by atoms with Crippen LogP contribution in [0.3, 0.4) is 0 Å². The minimum absolute atomic E-state index is 0.174. The predicted octanol–water partition coefficient (Wildman–Crippen LogP) is 4.18. The van der Waals surface area contributed by atoms with E-state index in [1.54, 1.807) is 11.3 Å². The number of benzene rings is 1. The van der Waals surface area contributed by atoms with Crippen molar-refractivity contribution in [1.82, 2.24) is 9.80 Å². The van der Waals surface area contributed by atoms with E-state index in [4.69, 9.17) is 0 Å². The van der Waals surface area contributed by atoms with Crippen molar-refractivity contribution in [1.29, 1.82) is 0 Å². The lowest BCUT2D eigenvalue weighted by Gasteiger charge is -2.36. The van der Waals surface area contributed by atoms with Gasteiger partial charge in [0.15, 0.2) is 0 Å². The van der Waals surface area contributed by atoms with Gasteiger partial charge in [-0.25, -0.2) is 0 Å². The van der Waals surface area contributed by atoms with Gasteiger partial charge in [-0.1, -0.05) is 24.3 Å². The summed E-state index contributed by atoms with van der Waals surface area (Å²) in [5.41, 5.74) is 3.40. The molecular weight excluding hydrogens is 304 g/mol. The van der Waals surface area contributed by atoms with Crippen molar-refractivity contribution in [2.45, 2.75) is 31.8 Å². The first-order valence-corrected chi connectivity index (χ1v) is 9.16. The summed E-state index contributed by atoms with van der Waals surface area (Å²) >= 11 is 1.58. The first kappa shape index (κ1) is 16.2. The van der Waals surface area contributed by atoms with Crippen LogP contribution in [-0.2, 0) is 6.54 Å². The van der Waals surface area contributed by atoms with E-state index in [2.05, 4.69) is 48.2 Å². The summed E-state index contributed by atoms with van der Waals surface area (Å²) in [5.74, 6) is 0.174. The summed E-state index contributed by atoms with van der Waals surface area (Å²) in [6.45, 7) is 1.81. The smallest absolute Gasteiger partial charge is 0.255 e. The first-order chi connectivity index (χ1) is 11.1. The van der Waals surface area contributed by atoms with E-state index in [0.717, 1.165) is 31.5 Å². The number of piperidine rings is 1. The van der Waals surface area contributed by atoms with Gasteiger partial charge in [0.05, 0.1) is 11.6 Å². The molecule has 0 radical (unpaired) electrons. The number of hydrogen-bond acceptors (Lipinski definition) is 3. The molecule has 0 saturated carbocycles. The standard InChI is InChI=1S/C19H24N2OS/c1-20(2)13-15-6-8-16(9-7-15)18-5-3-4-11-21(18)19(22)17-10-12-23-14-17/h6-10,12,14,18H,3-5,11,13H2,1-2H3/t18-/m1/s1. The molecule has 122 valence electrons. The molecule has 1 aromatic carbocycles. The molecule has 23 heavy (non-hydrogen) atoms. The molecule has 0 bridgehead atoms. The molecule has 1 atom stereocenters. The molecule has 2 heterocycles. The molecule has 0 unspecified atom stereocenters. The molecule has 1 amide bonds. The van der Waals surface area contributed by atoms with Crippen molar-refractivity contribution in [3.05, 3.63) is 57.8 Å². The quantitative estimate of drug-likeness (QED) is 0.841. The maximum atomic E-state index is 12.8. The molecule has 0 N–H and O–H groups in total. The summed E-state index contributed by atoms with van der Waals surface area (Å²) in [7, 11) is 4.16. The fraction of sp³-hybridized carbons (Fsp3) is 0.421. The van der Waals surface area contributed by atoms with Crippen LogP contribution in [0.5, 0.6) is 0 Å². The van der Waals surface area contributed by atoms with Crippen LogP contribution in [0.15, 0.2) is 41.1 Å². The summed E-state index contributed by atoms with van der Waals surface area (Å²) in [6.07, 6.45) is 3.35. The van der Waals surface area contributed by atoms with Crippen LogP contribution in [0, 0.1) is 0 Å². The second kappa shape index (κ2) is 7.28. The molecule has 0 spiro atoms. The highest BCUT2D eigenvalue weighted by molar-refractivity contribution is 7.08. The number of rotatable bonds is 4. The SMILES string of the molecule is CN(C)Cc1ccc([C@H]2CCCCN2C(=O)c2ccsc2)cc1. The van der Waals surface area contributed by atoms with E-state index in [1.165, 1.54) is 17.5 Å². The van der Waals surface area contributed by atoms with Gasteiger partial charge in [-0.15, -0.1) is 0 Å². The Bertz CT molecular complexity index is 634. The molecule has 4 heteroatoms. The van der Waals surface area contributed by atoms with E-state index >= 15 is 0 Å². The van der Waals surface area contributed by atoms with Gasteiger partial charge in [-0.05, 0) is 55.9 Å². The number of thiophene rings is 1. The van der Waals surface area contributed by atoms with Gasteiger partial charge in [0.25, 0.3) is 5.91 Å². The third kappa shape index (κ3) is 3.82. The molecule has 1 fully saturated rings. The van der Waals surface area contributed by atoms with Gasteiger partial charge in [-0.3, -0.25) is 4.79 Å². The third-order valence-corrected chi connectivity index (χ3v) is 5.08. The third-order valence-electron chi connectivity index (χ3n) is 4.40. The molecule has 0 aliphatic carbocycles. The lowest BCUT2D eigenvalue weighted by Crippen LogP contribution is -2.38. The largest absolute Gasteiger partial charge is 0.332 e. The van der Waals surface area contributed by atoms with E-state index < -0.39 is 0 Å². The number of carbonyl (C=O) groups excluding carboxylic acids is 1. The minimum atomic E-state index is 0.174. The first-order valence-electron chi connectivity index (χ1n) is 8.22. The Morgan fingerprint density at radius 3 is 2.65 bits per heavy atom. The second-order valence-corrected chi connectivity index (χ2v) is 7.28. The number of amides is 1. The van der Waals surface area contributed by atoms with Crippen LogP contribution >= 0.6 is 11.3 Å². The van der Waals surface area contributed by atoms with E-state index in [0.29, 0.717) is 0 Å². The number of hydrogen-bond donors (Lipinski definition) is 0. The Morgan fingerprint density at radius 1 is 1.22 bits per heavy atom. The fourth-order valence-corrected chi connectivity index (χ4v) is 3.91. The Morgan fingerprint density at radius 2 is 2.00 bits per heavy atom. The van der Waals surface area contributed by atoms with Crippen LogP contribution in [0.1, 0.15) is 46.8 Å². The summed E-state index contributed by atoms with van der Waals surface area (Å²) in [6, 6.07) is 10.9. The second-order valence-electron chi connectivity index (χ2n) is 6.50. The van der Waals surface area contributed by atoms with Crippen molar-refractivity contribution in [3.8, 4) is 0 Å². The molecule has 3 rings (SSSR count). The summed E-state index contributed by atoms with van der Waals surface area (Å²) in [5, 5.41) is 3.93. The molecule has 3 nitrogen and oxygen atoms in total. The molecule has 1 saturated heterocycles. The van der Waals surface area contributed by atoms with Crippen LogP contribution in [0.2, 0.25) is 0 Å². The molecule has 1 aromatic heterocycles. The number of carbonyl (C=O) groups is 1. The zero-order valence-corrected chi connectivity index (χ0v) is 14.7. The number of nitrogens with zero attached hydrogens (tertiary/aromatic N) is 2. The Hall–Kier alpha value is -1.65. The minimum Gasteiger partial charge on any atom is -0.332 e. The van der Waals surface area contributed by atoms with Gasteiger partial charge < -0.3 is 9.80 Å². The predicted molar refractivity (Wildman–Crippen MR) is 95.8 cm³/mol.